The van der Waals surface area contributed by atoms with Crippen LogP contribution in [0.2, 0.25) is 5.02 Å². The monoisotopic (exact) mass is 646 g/mol. The summed E-state index contributed by atoms with van der Waals surface area (Å²) in [6, 6.07) is 12.9. The lowest BCUT2D eigenvalue weighted by molar-refractivity contribution is -0.142. The zero-order valence-corrected chi connectivity index (χ0v) is 26.0. The molecular formula is C32H31ClN6O7. The van der Waals surface area contributed by atoms with Crippen LogP contribution < -0.4 is 15.3 Å². The zero-order chi connectivity index (χ0) is 33.0. The number of amides is 1. The highest BCUT2D eigenvalue weighted by molar-refractivity contribution is 6.30. The topological polar surface area (TPSA) is 164 Å². The number of carbonyl (C=O) groups is 2. The van der Waals surface area contributed by atoms with Crippen LogP contribution in [-0.4, -0.2) is 73.7 Å². The molecule has 2 aromatic carbocycles. The van der Waals surface area contributed by atoms with E-state index in [-0.39, 0.29) is 16.8 Å². The summed E-state index contributed by atoms with van der Waals surface area (Å²) in [4.78, 5) is 45.7. The van der Waals surface area contributed by atoms with Crippen LogP contribution in [-0.2, 0) is 11.3 Å². The Morgan fingerprint density at radius 3 is 2.50 bits per heavy atom. The van der Waals surface area contributed by atoms with Gasteiger partial charge >= 0.3 is 11.6 Å². The standard InChI is InChI=1S/C32H31ClN6O7/c1-4-38(5-2)21-8-11-23-24(16-28(41)46-27(23)15-21)30(32(43)44)37(3)31(42)29-26(40)14-19(17-34-29)25-18-39(36-35-25)12-13-45-22-9-6-20(33)7-10-22/h6-11,14-18,30,40H,4-5,12-13H2,1-3H3,(H,43,44). The van der Waals surface area contributed by atoms with E-state index >= 15 is 0 Å². The zero-order valence-electron chi connectivity index (χ0n) is 25.3. The fourth-order valence-electron chi connectivity index (χ4n) is 5.07. The van der Waals surface area contributed by atoms with Crippen LogP contribution in [0.5, 0.6) is 11.5 Å². The van der Waals surface area contributed by atoms with Gasteiger partial charge < -0.3 is 29.2 Å². The first-order chi connectivity index (χ1) is 22.1. The summed E-state index contributed by atoms with van der Waals surface area (Å²) in [5.41, 5.74) is 0.680. The van der Waals surface area contributed by atoms with Gasteiger partial charge in [0.25, 0.3) is 5.91 Å². The number of aromatic nitrogens is 4. The van der Waals surface area contributed by atoms with E-state index in [4.69, 9.17) is 20.8 Å². The number of aliphatic carboxylic acids is 1. The van der Waals surface area contributed by atoms with Crippen molar-refractivity contribution >= 4 is 40.1 Å². The quantitative estimate of drug-likeness (QED) is 0.182. The van der Waals surface area contributed by atoms with Crippen molar-refractivity contribution in [1.29, 1.82) is 0 Å². The Balaban J connectivity index is 1.35. The number of rotatable bonds is 12. The lowest BCUT2D eigenvalue weighted by atomic mass is 10.0. The van der Waals surface area contributed by atoms with Crippen LogP contribution >= 0.6 is 11.6 Å². The molecule has 1 amide bonds. The molecule has 238 valence electrons. The van der Waals surface area contributed by atoms with Crippen LogP contribution in [0.25, 0.3) is 22.2 Å². The Hall–Kier alpha value is -5.43. The van der Waals surface area contributed by atoms with Gasteiger partial charge in [0.15, 0.2) is 11.7 Å². The highest BCUT2D eigenvalue weighted by Crippen LogP contribution is 2.32. The van der Waals surface area contributed by atoms with Crippen LogP contribution in [0.15, 0.2) is 76.2 Å². The van der Waals surface area contributed by atoms with E-state index < -0.39 is 29.3 Å². The Bertz CT molecular complexity index is 1940. The van der Waals surface area contributed by atoms with E-state index in [0.717, 1.165) is 16.7 Å². The van der Waals surface area contributed by atoms with Crippen LogP contribution in [0.4, 0.5) is 5.69 Å². The normalized spacial score (nSPS) is 11.7. The maximum Gasteiger partial charge on any atom is 0.336 e. The molecule has 0 spiro atoms. The molecule has 0 fully saturated rings. The summed E-state index contributed by atoms with van der Waals surface area (Å²) in [6.07, 6.45) is 2.96. The number of carboxylic acids is 1. The van der Waals surface area contributed by atoms with Crippen molar-refractivity contribution in [1.82, 2.24) is 24.9 Å². The predicted octanol–water partition coefficient (Wildman–Crippen LogP) is 4.63. The number of benzene rings is 2. The lowest BCUT2D eigenvalue weighted by Crippen LogP contribution is -2.37. The van der Waals surface area contributed by atoms with Gasteiger partial charge in [-0.3, -0.25) is 4.79 Å². The molecule has 0 radical (unpaired) electrons. The Labute approximate surface area is 268 Å². The minimum atomic E-state index is -1.59. The molecule has 1 unspecified atom stereocenters. The molecule has 3 heterocycles. The number of likely N-dealkylation sites (N-methyl/N-ethyl adjacent to an activating group) is 1. The molecule has 0 aliphatic rings. The van der Waals surface area contributed by atoms with E-state index in [0.29, 0.717) is 53.7 Å². The third-order valence-electron chi connectivity index (χ3n) is 7.43. The van der Waals surface area contributed by atoms with Crippen molar-refractivity contribution in [2.24, 2.45) is 0 Å². The Morgan fingerprint density at radius 2 is 1.83 bits per heavy atom. The molecule has 0 aliphatic carbocycles. The summed E-state index contributed by atoms with van der Waals surface area (Å²) in [7, 11) is 1.26. The van der Waals surface area contributed by atoms with E-state index in [1.54, 1.807) is 53.3 Å². The molecule has 5 rings (SSSR count). The number of hydrogen-bond acceptors (Lipinski definition) is 10. The molecule has 46 heavy (non-hydrogen) atoms. The van der Waals surface area contributed by atoms with Gasteiger partial charge in [0, 0.05) is 65.7 Å². The molecule has 3 aromatic heterocycles. The lowest BCUT2D eigenvalue weighted by Gasteiger charge is -2.26. The van der Waals surface area contributed by atoms with Crippen LogP contribution in [0, 0.1) is 0 Å². The Kier molecular flexibility index (Phi) is 9.52. The number of hydrogen-bond donors (Lipinski definition) is 2. The van der Waals surface area contributed by atoms with Gasteiger partial charge in [-0.05, 0) is 56.3 Å². The average molecular weight is 647 g/mol. The summed E-state index contributed by atoms with van der Waals surface area (Å²) >= 11 is 5.89. The number of halogens is 1. The molecule has 14 heteroatoms. The molecule has 0 saturated carbocycles. The van der Waals surface area contributed by atoms with Crippen molar-refractivity contribution in [3.63, 3.8) is 0 Å². The van der Waals surface area contributed by atoms with Gasteiger partial charge in [0.05, 0.1) is 12.7 Å². The highest BCUT2D eigenvalue weighted by Gasteiger charge is 2.33. The first-order valence-corrected chi connectivity index (χ1v) is 14.8. The number of carbonyl (C=O) groups excluding carboxylic acids is 1. The number of aromatic hydroxyl groups is 1. The minimum Gasteiger partial charge on any atom is -0.505 e. The van der Waals surface area contributed by atoms with E-state index in [1.165, 1.54) is 19.3 Å². The molecule has 13 nitrogen and oxygen atoms in total. The van der Waals surface area contributed by atoms with Gasteiger partial charge in [-0.1, -0.05) is 16.8 Å². The van der Waals surface area contributed by atoms with Gasteiger partial charge in [-0.2, -0.15) is 0 Å². The average Bonchev–Trinajstić information content (AvgIpc) is 3.51. The summed E-state index contributed by atoms with van der Waals surface area (Å²) in [5, 5.41) is 30.1. The number of fused-ring (bicyclic) bond motifs is 1. The fourth-order valence-corrected chi connectivity index (χ4v) is 5.19. The van der Waals surface area contributed by atoms with Crippen LogP contribution in [0.3, 0.4) is 0 Å². The highest BCUT2D eigenvalue weighted by atomic mass is 35.5. The van der Waals surface area contributed by atoms with Crippen molar-refractivity contribution in [3.8, 4) is 22.8 Å². The summed E-state index contributed by atoms with van der Waals surface area (Å²) in [5.74, 6) is -2.09. The second-order valence-electron chi connectivity index (χ2n) is 10.3. The molecule has 0 bridgehead atoms. The predicted molar refractivity (Wildman–Crippen MR) is 170 cm³/mol. The third kappa shape index (κ3) is 6.79. The summed E-state index contributed by atoms with van der Waals surface area (Å²) < 4.78 is 12.6. The summed E-state index contributed by atoms with van der Waals surface area (Å²) in [6.45, 7) is 6.11. The number of pyridine rings is 1. The van der Waals surface area contributed by atoms with Crippen molar-refractivity contribution in [3.05, 3.63) is 93.7 Å². The minimum absolute atomic E-state index is 0.0634. The van der Waals surface area contributed by atoms with Gasteiger partial charge in [0.2, 0.25) is 0 Å². The second kappa shape index (κ2) is 13.7. The van der Waals surface area contributed by atoms with Gasteiger partial charge in [-0.25, -0.2) is 19.3 Å². The SMILES string of the molecule is CCN(CC)c1ccc2c(C(C(=O)O)N(C)C(=O)c3ncc(-c4cn(CCOc5ccc(Cl)cc5)nn4)cc3O)cc(=O)oc2c1. The maximum absolute atomic E-state index is 13.5. The number of anilines is 1. The smallest absolute Gasteiger partial charge is 0.336 e. The fraction of sp³-hybridized carbons (Fsp3) is 0.250. The number of carboxylic acid groups (broad SMARTS) is 1. The second-order valence-corrected chi connectivity index (χ2v) is 10.7. The van der Waals surface area contributed by atoms with Crippen molar-refractivity contribution in [2.45, 2.75) is 26.4 Å². The molecule has 2 N–H and O–H groups in total. The number of nitrogens with zero attached hydrogens (tertiary/aromatic N) is 6. The van der Waals surface area contributed by atoms with E-state index in [1.807, 2.05) is 18.7 Å². The van der Waals surface area contributed by atoms with Crippen molar-refractivity contribution in [2.75, 3.05) is 31.6 Å². The molecule has 5 aromatic rings. The number of ether oxygens (including phenoxy) is 1. The molecule has 0 saturated heterocycles. The van der Waals surface area contributed by atoms with E-state index in [2.05, 4.69) is 15.3 Å². The van der Waals surface area contributed by atoms with Crippen LogP contribution in [0.1, 0.15) is 35.9 Å². The van der Waals surface area contributed by atoms with E-state index in [9.17, 15) is 24.6 Å². The molecule has 0 aliphatic heterocycles. The third-order valence-corrected chi connectivity index (χ3v) is 7.68. The maximum atomic E-state index is 13.5. The first-order valence-electron chi connectivity index (χ1n) is 14.4. The largest absolute Gasteiger partial charge is 0.505 e. The van der Waals surface area contributed by atoms with Gasteiger partial charge in [-0.15, -0.1) is 5.10 Å². The van der Waals surface area contributed by atoms with Gasteiger partial charge in [0.1, 0.15) is 29.4 Å². The first kappa shape index (κ1) is 32.0. The van der Waals surface area contributed by atoms with Crippen molar-refractivity contribution < 1.29 is 29.0 Å². The molecule has 1 atom stereocenters. The molecular weight excluding hydrogens is 616 g/mol. The Morgan fingerprint density at radius 1 is 1.09 bits per heavy atom.